The maximum atomic E-state index is 15.2. The van der Waals surface area contributed by atoms with E-state index >= 15 is 4.39 Å². The van der Waals surface area contributed by atoms with Gasteiger partial charge >= 0.3 is 0 Å². The van der Waals surface area contributed by atoms with Gasteiger partial charge in [-0.25, -0.2) is 9.37 Å². The topological polar surface area (TPSA) is 75.4 Å². The van der Waals surface area contributed by atoms with Crippen molar-refractivity contribution in [3.05, 3.63) is 65.9 Å². The smallest absolute Gasteiger partial charge is 0.256 e. The number of pyridine rings is 2. The third-order valence-electron chi connectivity index (χ3n) is 6.61. The number of halogens is 1. The quantitative estimate of drug-likeness (QED) is 0.642. The number of amides is 1. The van der Waals surface area contributed by atoms with Crippen LogP contribution in [0, 0.1) is 5.82 Å². The van der Waals surface area contributed by atoms with Crippen molar-refractivity contribution in [1.82, 2.24) is 19.8 Å². The molecule has 1 saturated carbocycles. The fourth-order valence-electron chi connectivity index (χ4n) is 4.65. The van der Waals surface area contributed by atoms with Gasteiger partial charge < -0.3 is 10.6 Å². The Hall–Kier alpha value is -3.32. The van der Waals surface area contributed by atoms with Gasteiger partial charge in [-0.15, -0.1) is 0 Å². The lowest BCUT2D eigenvalue weighted by molar-refractivity contribution is 0.0623. The third kappa shape index (κ3) is 4.33. The second kappa shape index (κ2) is 8.90. The Morgan fingerprint density at radius 1 is 1.06 bits per heavy atom. The molecule has 0 radical (unpaired) electrons. The molecule has 5 rings (SSSR count). The molecule has 0 spiro atoms. The molecule has 1 amide bonds. The molecule has 7 heteroatoms. The summed E-state index contributed by atoms with van der Waals surface area (Å²) in [6.45, 7) is 5.06. The molecule has 2 aliphatic rings. The minimum atomic E-state index is -0.502. The van der Waals surface area contributed by atoms with Crippen molar-refractivity contribution in [2.75, 3.05) is 31.9 Å². The van der Waals surface area contributed by atoms with Gasteiger partial charge in [0.1, 0.15) is 11.6 Å². The first-order valence-corrected chi connectivity index (χ1v) is 11.6. The van der Waals surface area contributed by atoms with Crippen molar-refractivity contribution in [2.45, 2.75) is 32.2 Å². The number of aromatic nitrogens is 2. The van der Waals surface area contributed by atoms with Crippen LogP contribution in [-0.4, -0.2) is 57.9 Å². The predicted molar refractivity (Wildman–Crippen MR) is 127 cm³/mol. The molecule has 0 unspecified atom stereocenters. The summed E-state index contributed by atoms with van der Waals surface area (Å²) in [5.74, 6) is -0.297. The lowest BCUT2D eigenvalue weighted by Gasteiger charge is -2.34. The van der Waals surface area contributed by atoms with E-state index in [4.69, 9.17) is 5.73 Å². The molecule has 1 saturated heterocycles. The van der Waals surface area contributed by atoms with E-state index < -0.39 is 5.82 Å². The van der Waals surface area contributed by atoms with E-state index in [1.165, 1.54) is 18.9 Å². The monoisotopic (exact) mass is 445 g/mol. The summed E-state index contributed by atoms with van der Waals surface area (Å²) in [4.78, 5) is 26.0. The van der Waals surface area contributed by atoms with Crippen molar-refractivity contribution < 1.29 is 9.18 Å². The highest BCUT2D eigenvalue weighted by Gasteiger charge is 2.33. The molecule has 3 heterocycles. The molecule has 3 aromatic rings. The first-order valence-electron chi connectivity index (χ1n) is 11.6. The van der Waals surface area contributed by atoms with Gasteiger partial charge in [-0.3, -0.25) is 14.7 Å². The number of carbonyl (C=O) groups is 1. The molecule has 0 atom stereocenters. The highest BCUT2D eigenvalue weighted by molar-refractivity contribution is 5.95. The van der Waals surface area contributed by atoms with E-state index in [1.807, 2.05) is 25.1 Å². The van der Waals surface area contributed by atoms with Crippen LogP contribution in [0.5, 0.6) is 0 Å². The van der Waals surface area contributed by atoms with Gasteiger partial charge in [-0.2, -0.15) is 0 Å². The number of nitrogens with two attached hydrogens (primary N) is 1. The van der Waals surface area contributed by atoms with E-state index in [2.05, 4.69) is 14.9 Å². The maximum Gasteiger partial charge on any atom is 0.256 e. The number of anilines is 1. The number of nitrogens with zero attached hydrogens (tertiary/aromatic N) is 4. The molecule has 6 nitrogen and oxygen atoms in total. The van der Waals surface area contributed by atoms with E-state index in [9.17, 15) is 4.79 Å². The largest absolute Gasteiger partial charge is 0.384 e. The fourth-order valence-corrected chi connectivity index (χ4v) is 4.65. The molecule has 1 aliphatic carbocycles. The zero-order valence-electron chi connectivity index (χ0n) is 18.8. The highest BCUT2D eigenvalue weighted by atomic mass is 19.1. The number of carbonyl (C=O) groups excluding carboxylic acids is 1. The first kappa shape index (κ1) is 21.5. The standard InChI is InChI=1S/C26H28FN5O/c1-2-23-25(18-4-8-24(28)30-16-18)20(9-10-29-23)17-3-7-21(22(27)15-17)26(33)32-13-11-31(12-14-32)19-5-6-19/h3-4,7-10,15-16,19H,2,5-6,11-14H2,1H3,(H2,28,30). The van der Waals surface area contributed by atoms with Gasteiger partial charge in [0.2, 0.25) is 0 Å². The molecule has 170 valence electrons. The van der Waals surface area contributed by atoms with Crippen molar-refractivity contribution in [3.63, 3.8) is 0 Å². The van der Waals surface area contributed by atoms with Crippen LogP contribution in [0.15, 0.2) is 48.8 Å². The van der Waals surface area contributed by atoms with Gasteiger partial charge in [-0.1, -0.05) is 13.0 Å². The van der Waals surface area contributed by atoms with Gasteiger partial charge in [0.05, 0.1) is 5.56 Å². The summed E-state index contributed by atoms with van der Waals surface area (Å²) >= 11 is 0. The summed E-state index contributed by atoms with van der Waals surface area (Å²) in [6.07, 6.45) is 6.68. The van der Waals surface area contributed by atoms with E-state index in [1.54, 1.807) is 29.4 Å². The average molecular weight is 446 g/mol. The lowest BCUT2D eigenvalue weighted by atomic mass is 9.93. The van der Waals surface area contributed by atoms with Crippen LogP contribution in [0.25, 0.3) is 22.3 Å². The summed E-state index contributed by atoms with van der Waals surface area (Å²) in [5, 5.41) is 0. The second-order valence-electron chi connectivity index (χ2n) is 8.76. The first-order chi connectivity index (χ1) is 16.0. The van der Waals surface area contributed by atoms with Crippen LogP contribution >= 0.6 is 0 Å². The fraction of sp³-hybridized carbons (Fsp3) is 0.346. The number of piperazine rings is 1. The minimum Gasteiger partial charge on any atom is -0.384 e. The van der Waals surface area contributed by atoms with Crippen LogP contribution < -0.4 is 5.73 Å². The number of aryl methyl sites for hydroxylation is 1. The number of hydrogen-bond donors (Lipinski definition) is 1. The van der Waals surface area contributed by atoms with E-state index in [0.29, 0.717) is 30.5 Å². The summed E-state index contributed by atoms with van der Waals surface area (Å²) < 4.78 is 15.2. The van der Waals surface area contributed by atoms with Crippen molar-refractivity contribution >= 4 is 11.7 Å². The Balaban J connectivity index is 1.44. The van der Waals surface area contributed by atoms with Gasteiger partial charge in [-0.05, 0) is 60.7 Å². The second-order valence-corrected chi connectivity index (χ2v) is 8.76. The van der Waals surface area contributed by atoms with Crippen molar-refractivity contribution in [3.8, 4) is 22.3 Å². The number of benzene rings is 1. The SMILES string of the molecule is CCc1nccc(-c2ccc(C(=O)N3CCN(C4CC4)CC3)c(F)c2)c1-c1ccc(N)nc1. The molecular weight excluding hydrogens is 417 g/mol. The van der Waals surface area contributed by atoms with Crippen molar-refractivity contribution in [2.24, 2.45) is 0 Å². The van der Waals surface area contributed by atoms with Gasteiger partial charge in [0.15, 0.2) is 0 Å². The van der Waals surface area contributed by atoms with Gasteiger partial charge in [0, 0.05) is 61.4 Å². The average Bonchev–Trinajstić information content (AvgIpc) is 3.69. The minimum absolute atomic E-state index is 0.124. The predicted octanol–water partition coefficient (Wildman–Crippen LogP) is 4.01. The highest BCUT2D eigenvalue weighted by Crippen LogP contribution is 2.35. The summed E-state index contributed by atoms with van der Waals surface area (Å²) in [5.41, 5.74) is 10.1. The Morgan fingerprint density at radius 3 is 2.45 bits per heavy atom. The van der Waals surface area contributed by atoms with E-state index in [0.717, 1.165) is 41.9 Å². The Bertz CT molecular complexity index is 1170. The lowest BCUT2D eigenvalue weighted by Crippen LogP contribution is -2.49. The zero-order valence-corrected chi connectivity index (χ0v) is 18.8. The maximum absolute atomic E-state index is 15.2. The number of rotatable bonds is 5. The number of nitrogen functional groups attached to an aromatic ring is 1. The van der Waals surface area contributed by atoms with E-state index in [-0.39, 0.29) is 11.5 Å². The summed E-state index contributed by atoms with van der Waals surface area (Å²) in [6, 6.07) is 11.1. The zero-order chi connectivity index (χ0) is 22.9. The van der Waals surface area contributed by atoms with Crippen LogP contribution in [0.2, 0.25) is 0 Å². The summed E-state index contributed by atoms with van der Waals surface area (Å²) in [7, 11) is 0. The molecule has 0 bridgehead atoms. The Morgan fingerprint density at radius 2 is 1.82 bits per heavy atom. The third-order valence-corrected chi connectivity index (χ3v) is 6.61. The molecule has 2 fully saturated rings. The molecule has 1 aromatic carbocycles. The normalized spacial score (nSPS) is 16.7. The van der Waals surface area contributed by atoms with Crippen LogP contribution in [0.4, 0.5) is 10.2 Å². The van der Waals surface area contributed by atoms with Crippen LogP contribution in [-0.2, 0) is 6.42 Å². The molecular formula is C26H28FN5O. The van der Waals surface area contributed by atoms with Gasteiger partial charge in [0.25, 0.3) is 5.91 Å². The van der Waals surface area contributed by atoms with Crippen molar-refractivity contribution in [1.29, 1.82) is 0 Å². The molecule has 1 aliphatic heterocycles. The Labute approximate surface area is 193 Å². The molecule has 2 aromatic heterocycles. The van der Waals surface area contributed by atoms with Crippen LogP contribution in [0.1, 0.15) is 35.8 Å². The molecule has 2 N–H and O–H groups in total. The molecule has 33 heavy (non-hydrogen) atoms. The Kier molecular flexibility index (Phi) is 5.81. The number of hydrogen-bond acceptors (Lipinski definition) is 5. The van der Waals surface area contributed by atoms with Crippen LogP contribution in [0.3, 0.4) is 0 Å².